The molecule has 2 aliphatic rings. The molecule has 0 radical (unpaired) electrons. The molecule has 3 rings (SSSR count). The van der Waals surface area contributed by atoms with Crippen molar-refractivity contribution in [2.24, 2.45) is 0 Å². The second-order valence-electron chi connectivity index (χ2n) is 5.73. The Balaban J connectivity index is 1.41. The first-order chi connectivity index (χ1) is 10.1. The average Bonchev–Trinajstić information content (AvgIpc) is 3.20. The second kappa shape index (κ2) is 6.48. The lowest BCUT2D eigenvalue weighted by molar-refractivity contribution is -0.0355. The number of hydrogen-bond donors (Lipinski definition) is 1. The molecule has 0 unspecified atom stereocenters. The van der Waals surface area contributed by atoms with Crippen molar-refractivity contribution in [3.8, 4) is 0 Å². The predicted octanol–water partition coefficient (Wildman–Crippen LogP) is 0.952. The van der Waals surface area contributed by atoms with Crippen LogP contribution in [0.4, 0.5) is 0 Å². The minimum Gasteiger partial charge on any atom is -0.468 e. The van der Waals surface area contributed by atoms with Gasteiger partial charge < -0.3 is 9.15 Å². The van der Waals surface area contributed by atoms with Crippen LogP contribution in [0.25, 0.3) is 0 Å². The largest absolute Gasteiger partial charge is 0.468 e. The third-order valence-electron chi connectivity index (χ3n) is 3.92. The molecule has 1 atom stereocenters. The van der Waals surface area contributed by atoms with Crippen LogP contribution in [0.2, 0.25) is 0 Å². The van der Waals surface area contributed by atoms with Crippen LogP contribution in [0.15, 0.2) is 22.8 Å². The van der Waals surface area contributed by atoms with Crippen LogP contribution < -0.4 is 4.72 Å². The van der Waals surface area contributed by atoms with Gasteiger partial charge in [0.25, 0.3) is 0 Å². The summed E-state index contributed by atoms with van der Waals surface area (Å²) in [5, 5.41) is -0.153. The van der Waals surface area contributed by atoms with Crippen molar-refractivity contribution in [3.63, 3.8) is 0 Å². The highest BCUT2D eigenvalue weighted by Crippen LogP contribution is 2.27. The maximum Gasteiger partial charge on any atom is 0.214 e. The second-order valence-corrected chi connectivity index (χ2v) is 7.78. The van der Waals surface area contributed by atoms with E-state index in [1.54, 1.807) is 6.26 Å². The van der Waals surface area contributed by atoms with E-state index in [-0.39, 0.29) is 11.4 Å². The van der Waals surface area contributed by atoms with E-state index in [2.05, 4.69) is 9.62 Å². The third kappa shape index (κ3) is 4.29. The van der Waals surface area contributed by atoms with Gasteiger partial charge in [-0.25, -0.2) is 13.1 Å². The van der Waals surface area contributed by atoms with Crippen molar-refractivity contribution in [1.82, 2.24) is 9.62 Å². The van der Waals surface area contributed by atoms with Crippen LogP contribution in [0.5, 0.6) is 0 Å². The third-order valence-corrected chi connectivity index (χ3v) is 5.87. The Hall–Kier alpha value is -0.890. The lowest BCUT2D eigenvalue weighted by Gasteiger charge is -2.32. The monoisotopic (exact) mass is 314 g/mol. The molecule has 6 nitrogen and oxygen atoms in total. The summed E-state index contributed by atoms with van der Waals surface area (Å²) in [4.78, 5) is 2.28. The van der Waals surface area contributed by atoms with Crippen LogP contribution in [0.1, 0.15) is 25.0 Å². The molecule has 0 bridgehead atoms. The Morgan fingerprint density at radius 2 is 2.24 bits per heavy atom. The standard InChI is InChI=1S/C14H22N2O4S/c17-21(18,14-3-4-14)15-6-5-13-11-16(7-9-20-13)10-12-2-1-8-19-12/h1-2,8,13-15H,3-7,9-11H2/t13-/m0/s1. The van der Waals surface area contributed by atoms with Gasteiger partial charge in [-0.1, -0.05) is 0 Å². The quantitative estimate of drug-likeness (QED) is 0.811. The number of nitrogens with zero attached hydrogens (tertiary/aromatic N) is 1. The Morgan fingerprint density at radius 3 is 2.95 bits per heavy atom. The lowest BCUT2D eigenvalue weighted by Crippen LogP contribution is -2.43. The zero-order valence-electron chi connectivity index (χ0n) is 12.0. The molecule has 1 N–H and O–H groups in total. The number of sulfonamides is 1. The topological polar surface area (TPSA) is 71.8 Å². The number of hydrogen-bond acceptors (Lipinski definition) is 5. The van der Waals surface area contributed by atoms with Gasteiger partial charge in [-0.15, -0.1) is 0 Å². The highest BCUT2D eigenvalue weighted by atomic mass is 32.2. The smallest absolute Gasteiger partial charge is 0.214 e. The summed E-state index contributed by atoms with van der Waals surface area (Å²) in [6, 6.07) is 3.86. The van der Waals surface area contributed by atoms with Crippen molar-refractivity contribution in [2.45, 2.75) is 37.2 Å². The van der Waals surface area contributed by atoms with Gasteiger partial charge in [-0.2, -0.15) is 0 Å². The van der Waals surface area contributed by atoms with Gasteiger partial charge in [0.2, 0.25) is 10.0 Å². The summed E-state index contributed by atoms with van der Waals surface area (Å²) in [7, 11) is -3.08. The van der Waals surface area contributed by atoms with Gasteiger partial charge in [0, 0.05) is 19.6 Å². The number of ether oxygens (including phenoxy) is 1. The summed E-state index contributed by atoms with van der Waals surface area (Å²) < 4.78 is 37.2. The van der Waals surface area contributed by atoms with Gasteiger partial charge in [-0.05, 0) is 31.4 Å². The van der Waals surface area contributed by atoms with E-state index in [4.69, 9.17) is 9.15 Å². The molecule has 0 aromatic carbocycles. The molecule has 0 amide bonds. The van der Waals surface area contributed by atoms with Crippen molar-refractivity contribution in [3.05, 3.63) is 24.2 Å². The van der Waals surface area contributed by atoms with Crippen molar-refractivity contribution < 1.29 is 17.6 Å². The van der Waals surface area contributed by atoms with Crippen LogP contribution >= 0.6 is 0 Å². The average molecular weight is 314 g/mol. The van der Waals surface area contributed by atoms with Crippen LogP contribution in [-0.4, -0.2) is 50.9 Å². The Morgan fingerprint density at radius 1 is 1.38 bits per heavy atom. The van der Waals surface area contributed by atoms with E-state index >= 15 is 0 Å². The molecule has 1 saturated heterocycles. The Labute approximate surface area is 125 Å². The van der Waals surface area contributed by atoms with Crippen LogP contribution in [0, 0.1) is 0 Å². The Bertz CT molecular complexity index is 539. The fourth-order valence-corrected chi connectivity index (χ4v) is 3.97. The first kappa shape index (κ1) is 15.0. The molecular weight excluding hydrogens is 292 g/mol. The normalized spacial score (nSPS) is 24.3. The molecule has 1 aliphatic carbocycles. The maximum atomic E-state index is 11.7. The van der Waals surface area contributed by atoms with Gasteiger partial charge in [-0.3, -0.25) is 4.90 Å². The van der Waals surface area contributed by atoms with E-state index in [1.165, 1.54) is 0 Å². The predicted molar refractivity (Wildman–Crippen MR) is 78.3 cm³/mol. The minimum atomic E-state index is -3.08. The van der Waals surface area contributed by atoms with E-state index in [0.717, 1.165) is 38.2 Å². The minimum absolute atomic E-state index is 0.0793. The summed E-state index contributed by atoms with van der Waals surface area (Å²) in [5.74, 6) is 0.949. The fourth-order valence-electron chi connectivity index (χ4n) is 2.58. The highest BCUT2D eigenvalue weighted by Gasteiger charge is 2.35. The molecular formula is C14H22N2O4S. The summed E-state index contributed by atoms with van der Waals surface area (Å²) in [6.07, 6.45) is 4.06. The van der Waals surface area contributed by atoms with Crippen molar-refractivity contribution in [2.75, 3.05) is 26.2 Å². The molecule has 1 aromatic rings. The first-order valence-electron chi connectivity index (χ1n) is 7.48. The molecule has 0 spiro atoms. The number of rotatable bonds is 7. The van der Waals surface area contributed by atoms with Gasteiger partial charge in [0.15, 0.2) is 0 Å². The molecule has 118 valence electrons. The number of nitrogens with one attached hydrogen (secondary N) is 1. The lowest BCUT2D eigenvalue weighted by atomic mass is 10.2. The fraction of sp³-hybridized carbons (Fsp3) is 0.714. The summed E-state index contributed by atoms with van der Waals surface area (Å²) >= 11 is 0. The molecule has 21 heavy (non-hydrogen) atoms. The van der Waals surface area contributed by atoms with Gasteiger partial charge in [0.05, 0.1) is 30.8 Å². The molecule has 1 aliphatic heterocycles. The number of furan rings is 1. The zero-order chi connectivity index (χ0) is 14.7. The van der Waals surface area contributed by atoms with E-state index < -0.39 is 10.0 Å². The molecule has 7 heteroatoms. The zero-order valence-corrected chi connectivity index (χ0v) is 12.8. The van der Waals surface area contributed by atoms with Gasteiger partial charge in [0.1, 0.15) is 5.76 Å². The van der Waals surface area contributed by atoms with E-state index in [1.807, 2.05) is 12.1 Å². The summed E-state index contributed by atoms with van der Waals surface area (Å²) in [6.45, 7) is 3.61. The highest BCUT2D eigenvalue weighted by molar-refractivity contribution is 7.90. The van der Waals surface area contributed by atoms with E-state index in [9.17, 15) is 8.42 Å². The Kier molecular flexibility index (Phi) is 4.63. The molecule has 2 fully saturated rings. The van der Waals surface area contributed by atoms with E-state index in [0.29, 0.717) is 19.6 Å². The maximum absolute atomic E-state index is 11.7. The summed E-state index contributed by atoms with van der Waals surface area (Å²) in [5.41, 5.74) is 0. The molecule has 1 aromatic heterocycles. The van der Waals surface area contributed by atoms with Crippen molar-refractivity contribution in [1.29, 1.82) is 0 Å². The van der Waals surface area contributed by atoms with Gasteiger partial charge >= 0.3 is 0 Å². The SMILES string of the molecule is O=S(=O)(NCC[C@H]1CN(Cc2ccco2)CCO1)C1CC1. The first-order valence-corrected chi connectivity index (χ1v) is 9.03. The number of morpholine rings is 1. The molecule has 1 saturated carbocycles. The van der Waals surface area contributed by atoms with Crippen LogP contribution in [-0.2, 0) is 21.3 Å². The van der Waals surface area contributed by atoms with Crippen LogP contribution in [0.3, 0.4) is 0 Å². The van der Waals surface area contributed by atoms with Crippen molar-refractivity contribution >= 4 is 10.0 Å². The molecule has 2 heterocycles.